The third kappa shape index (κ3) is 3.54. The number of hydrogen-bond donors (Lipinski definition) is 0. The lowest BCUT2D eigenvalue weighted by molar-refractivity contribution is -0.322. The smallest absolute Gasteiger partial charge is 0.342 e. The van der Waals surface area contributed by atoms with Crippen molar-refractivity contribution in [2.24, 2.45) is 5.41 Å². The van der Waals surface area contributed by atoms with Gasteiger partial charge in [-0.15, -0.1) is 0 Å². The van der Waals surface area contributed by atoms with Gasteiger partial charge in [0.2, 0.25) is 11.3 Å². The summed E-state index contributed by atoms with van der Waals surface area (Å²) in [6.07, 6.45) is -10.8. The summed E-state index contributed by atoms with van der Waals surface area (Å²) in [7, 11) is 0. The molecule has 0 rings (SSSR count). The zero-order chi connectivity index (χ0) is 15.5. The Bertz CT molecular complexity index is 289. The van der Waals surface area contributed by atoms with E-state index < -0.39 is 23.7 Å². The van der Waals surface area contributed by atoms with Crippen molar-refractivity contribution >= 4 is 5.91 Å². The van der Waals surface area contributed by atoms with Gasteiger partial charge in [-0.3, -0.25) is 4.79 Å². The fourth-order valence-electron chi connectivity index (χ4n) is 1.57. The minimum absolute atomic E-state index is 0.104. The summed E-state index contributed by atoms with van der Waals surface area (Å²) in [5.74, 6) is -1.93. The van der Waals surface area contributed by atoms with Gasteiger partial charge in [0, 0.05) is 13.1 Å². The third-order valence-corrected chi connectivity index (χ3v) is 2.84. The molecule has 0 aromatic carbocycles. The Morgan fingerprint density at radius 3 is 1.42 bits per heavy atom. The van der Waals surface area contributed by atoms with E-state index in [4.69, 9.17) is 0 Å². The van der Waals surface area contributed by atoms with Gasteiger partial charge in [-0.2, -0.15) is 26.3 Å². The highest BCUT2D eigenvalue weighted by atomic mass is 19.4. The normalized spacial score (nSPS) is 13.5. The molecule has 0 aliphatic rings. The van der Waals surface area contributed by atoms with Crippen molar-refractivity contribution in [3.63, 3.8) is 0 Å². The van der Waals surface area contributed by atoms with E-state index in [0.717, 1.165) is 0 Å². The number of carbonyl (C=O) groups excluding carboxylic acids is 1. The molecule has 0 aromatic heterocycles. The highest BCUT2D eigenvalue weighted by Crippen LogP contribution is 2.51. The van der Waals surface area contributed by atoms with E-state index in [2.05, 4.69) is 0 Å². The minimum Gasteiger partial charge on any atom is -0.342 e. The van der Waals surface area contributed by atoms with Gasteiger partial charge in [0.15, 0.2) is 0 Å². The second kappa shape index (κ2) is 6.00. The Kier molecular flexibility index (Phi) is 5.70. The molecule has 0 fully saturated rings. The van der Waals surface area contributed by atoms with E-state index in [9.17, 15) is 31.1 Å². The van der Waals surface area contributed by atoms with Crippen LogP contribution in [-0.4, -0.2) is 36.2 Å². The zero-order valence-electron chi connectivity index (χ0n) is 11.0. The molecule has 0 radical (unpaired) electrons. The summed E-state index contributed by atoms with van der Waals surface area (Å²) in [5.41, 5.74) is -4.36. The Morgan fingerprint density at radius 1 is 0.895 bits per heavy atom. The minimum atomic E-state index is -5.68. The van der Waals surface area contributed by atoms with Gasteiger partial charge in [-0.1, -0.05) is 13.8 Å². The van der Waals surface area contributed by atoms with Crippen molar-refractivity contribution in [1.29, 1.82) is 0 Å². The SMILES string of the molecule is CCCN(CCC)C(=O)C(C)(C(F)(F)F)C(F)(F)F. The standard InChI is InChI=1S/C11H17F6NO/c1-4-6-18(7-5-2)8(19)9(3,10(12,13)14)11(15,16)17/h4-7H2,1-3H3. The first kappa shape index (κ1) is 18.0. The lowest BCUT2D eigenvalue weighted by Gasteiger charge is -2.36. The topological polar surface area (TPSA) is 20.3 Å². The predicted octanol–water partition coefficient (Wildman–Crippen LogP) is 3.77. The molecular formula is C11H17F6NO. The molecular weight excluding hydrogens is 276 g/mol. The first-order valence-corrected chi connectivity index (χ1v) is 5.86. The monoisotopic (exact) mass is 293 g/mol. The first-order valence-electron chi connectivity index (χ1n) is 5.86. The maximum atomic E-state index is 12.7. The van der Waals surface area contributed by atoms with E-state index in [-0.39, 0.29) is 32.9 Å². The fraction of sp³-hybridized carbons (Fsp3) is 0.909. The molecule has 19 heavy (non-hydrogen) atoms. The quantitative estimate of drug-likeness (QED) is 0.707. The van der Waals surface area contributed by atoms with Crippen LogP contribution in [-0.2, 0) is 4.79 Å². The molecule has 1 amide bonds. The lowest BCUT2D eigenvalue weighted by atomic mass is 9.86. The van der Waals surface area contributed by atoms with Crippen molar-refractivity contribution in [3.05, 3.63) is 0 Å². The molecule has 0 aliphatic heterocycles. The van der Waals surface area contributed by atoms with Crippen LogP contribution in [0.2, 0.25) is 0 Å². The number of halogens is 6. The van der Waals surface area contributed by atoms with Crippen LogP contribution in [0.3, 0.4) is 0 Å². The summed E-state index contributed by atoms with van der Waals surface area (Å²) in [5, 5.41) is 0. The van der Waals surface area contributed by atoms with Gasteiger partial charge in [-0.25, -0.2) is 0 Å². The molecule has 0 heterocycles. The highest BCUT2D eigenvalue weighted by molar-refractivity contribution is 5.84. The van der Waals surface area contributed by atoms with Crippen LogP contribution in [0.15, 0.2) is 0 Å². The molecule has 114 valence electrons. The number of hydrogen-bond acceptors (Lipinski definition) is 1. The molecule has 0 aliphatic carbocycles. The lowest BCUT2D eigenvalue weighted by Crippen LogP contribution is -2.58. The Morgan fingerprint density at radius 2 is 1.21 bits per heavy atom. The van der Waals surface area contributed by atoms with E-state index in [1.54, 1.807) is 13.8 Å². The molecule has 0 saturated carbocycles. The van der Waals surface area contributed by atoms with Gasteiger partial charge >= 0.3 is 12.4 Å². The first-order chi connectivity index (χ1) is 8.43. The van der Waals surface area contributed by atoms with Crippen LogP contribution in [0.4, 0.5) is 26.3 Å². The highest BCUT2D eigenvalue weighted by Gasteiger charge is 2.73. The van der Waals surface area contributed by atoms with E-state index in [1.807, 2.05) is 0 Å². The summed E-state index contributed by atoms with van der Waals surface area (Å²) in [4.78, 5) is 12.4. The van der Waals surface area contributed by atoms with Crippen molar-refractivity contribution < 1.29 is 31.1 Å². The van der Waals surface area contributed by atoms with Gasteiger partial charge < -0.3 is 4.90 Å². The van der Waals surface area contributed by atoms with Crippen LogP contribution in [0.1, 0.15) is 33.6 Å². The van der Waals surface area contributed by atoms with Gasteiger partial charge in [0.25, 0.3) is 0 Å². The number of amides is 1. The number of nitrogens with zero attached hydrogens (tertiary/aromatic N) is 1. The average Bonchev–Trinajstić information content (AvgIpc) is 2.23. The molecule has 0 saturated heterocycles. The summed E-state index contributed by atoms with van der Waals surface area (Å²) in [6.45, 7) is 2.79. The fourth-order valence-corrected chi connectivity index (χ4v) is 1.57. The molecule has 0 unspecified atom stereocenters. The Labute approximate surface area is 107 Å². The summed E-state index contributed by atoms with van der Waals surface area (Å²) in [6, 6.07) is 0. The van der Waals surface area contributed by atoms with E-state index >= 15 is 0 Å². The van der Waals surface area contributed by atoms with Crippen molar-refractivity contribution in [2.75, 3.05) is 13.1 Å². The molecule has 0 bridgehead atoms. The van der Waals surface area contributed by atoms with Crippen molar-refractivity contribution in [3.8, 4) is 0 Å². The Balaban J connectivity index is 5.57. The summed E-state index contributed by atoms with van der Waals surface area (Å²) >= 11 is 0. The number of rotatable bonds is 5. The zero-order valence-corrected chi connectivity index (χ0v) is 11.0. The van der Waals surface area contributed by atoms with Crippen LogP contribution in [0, 0.1) is 5.41 Å². The van der Waals surface area contributed by atoms with E-state index in [1.165, 1.54) is 0 Å². The van der Waals surface area contributed by atoms with Crippen molar-refractivity contribution in [1.82, 2.24) is 4.90 Å². The van der Waals surface area contributed by atoms with Crippen LogP contribution >= 0.6 is 0 Å². The molecule has 2 nitrogen and oxygen atoms in total. The number of alkyl halides is 6. The van der Waals surface area contributed by atoms with Gasteiger partial charge in [-0.05, 0) is 19.8 Å². The maximum Gasteiger partial charge on any atom is 0.411 e. The second-order valence-corrected chi connectivity index (χ2v) is 4.41. The Hall–Kier alpha value is -0.950. The molecule has 0 aromatic rings. The molecule has 0 atom stereocenters. The largest absolute Gasteiger partial charge is 0.411 e. The number of carbonyl (C=O) groups is 1. The molecule has 0 spiro atoms. The molecule has 0 N–H and O–H groups in total. The van der Waals surface area contributed by atoms with Gasteiger partial charge in [0.1, 0.15) is 0 Å². The average molecular weight is 293 g/mol. The molecule has 8 heteroatoms. The van der Waals surface area contributed by atoms with Crippen molar-refractivity contribution in [2.45, 2.75) is 46.0 Å². The summed E-state index contributed by atoms with van der Waals surface area (Å²) < 4.78 is 76.3. The predicted molar refractivity (Wildman–Crippen MR) is 57.4 cm³/mol. The van der Waals surface area contributed by atoms with Crippen LogP contribution in [0.5, 0.6) is 0 Å². The second-order valence-electron chi connectivity index (χ2n) is 4.41. The third-order valence-electron chi connectivity index (χ3n) is 2.84. The van der Waals surface area contributed by atoms with Crippen LogP contribution < -0.4 is 0 Å². The van der Waals surface area contributed by atoms with E-state index in [0.29, 0.717) is 4.90 Å². The maximum absolute atomic E-state index is 12.7. The van der Waals surface area contributed by atoms with Crippen LogP contribution in [0.25, 0.3) is 0 Å². The van der Waals surface area contributed by atoms with Gasteiger partial charge in [0.05, 0.1) is 0 Å².